The molecule has 0 unspecified atom stereocenters. The van der Waals surface area contributed by atoms with Crippen LogP contribution in [0.1, 0.15) is 47.8 Å². The smallest absolute Gasteiger partial charge is 0.251 e. The molecule has 0 saturated carbocycles. The van der Waals surface area contributed by atoms with Crippen molar-refractivity contribution < 1.29 is 4.79 Å². The lowest BCUT2D eigenvalue weighted by atomic mass is 10.1. The lowest BCUT2D eigenvalue weighted by Crippen LogP contribution is -2.40. The summed E-state index contributed by atoms with van der Waals surface area (Å²) >= 11 is 0. The van der Waals surface area contributed by atoms with Crippen LogP contribution in [0.5, 0.6) is 0 Å². The van der Waals surface area contributed by atoms with Gasteiger partial charge in [0.25, 0.3) is 5.91 Å². The molecule has 6 heteroatoms. The van der Waals surface area contributed by atoms with Crippen LogP contribution >= 0.6 is 0 Å². The van der Waals surface area contributed by atoms with Crippen LogP contribution < -0.4 is 5.32 Å². The first-order valence-electron chi connectivity index (χ1n) is 9.28. The second-order valence-corrected chi connectivity index (χ2v) is 6.73. The van der Waals surface area contributed by atoms with Gasteiger partial charge in [0, 0.05) is 37.0 Å². The topological polar surface area (TPSA) is 72.7 Å². The van der Waals surface area contributed by atoms with Crippen molar-refractivity contribution in [3.63, 3.8) is 0 Å². The largest absolute Gasteiger partial charge is 0.347 e. The van der Waals surface area contributed by atoms with Gasteiger partial charge in [-0.2, -0.15) is 0 Å². The second kappa shape index (κ2) is 6.86. The first-order chi connectivity index (χ1) is 12.7. The number of carbonyl (C=O) groups is 1. The average molecular weight is 349 g/mol. The molecule has 0 bridgehead atoms. The van der Waals surface area contributed by atoms with Crippen LogP contribution in [0, 0.1) is 0 Å². The summed E-state index contributed by atoms with van der Waals surface area (Å²) in [6.45, 7) is 4.94. The molecule has 0 spiro atoms. The monoisotopic (exact) mass is 349 g/mol. The van der Waals surface area contributed by atoms with Crippen LogP contribution in [0.4, 0.5) is 0 Å². The van der Waals surface area contributed by atoms with Crippen molar-refractivity contribution in [2.75, 3.05) is 0 Å². The van der Waals surface area contributed by atoms with E-state index in [1.54, 1.807) is 0 Å². The number of amides is 1. The van der Waals surface area contributed by atoms with Gasteiger partial charge >= 0.3 is 0 Å². The summed E-state index contributed by atoms with van der Waals surface area (Å²) in [7, 11) is 0. The van der Waals surface area contributed by atoms with Gasteiger partial charge in [-0.15, -0.1) is 0 Å². The standard InChI is InChI=1S/C20H23N5O/c1-3-15-16(4-2)24-18-11-13(5-7-17(18)23-15)20(26)22-14-6-8-19-21-9-10-25(19)12-14/h5,7,9-11,14H,3-4,6,8,12H2,1-2H3,(H,22,26)/t14-/m1/s1. The molecular formula is C20H23N5O. The molecule has 0 aliphatic carbocycles. The number of nitrogens with one attached hydrogen (secondary N) is 1. The van der Waals surface area contributed by atoms with E-state index in [-0.39, 0.29) is 11.9 Å². The number of aromatic nitrogens is 4. The normalized spacial score (nSPS) is 16.5. The lowest BCUT2D eigenvalue weighted by Gasteiger charge is -2.24. The van der Waals surface area contributed by atoms with Crippen LogP contribution in [0.25, 0.3) is 11.0 Å². The molecule has 6 nitrogen and oxygen atoms in total. The van der Waals surface area contributed by atoms with Crippen LogP contribution in [0.15, 0.2) is 30.6 Å². The zero-order valence-corrected chi connectivity index (χ0v) is 15.2. The molecule has 1 aromatic carbocycles. The fraction of sp³-hybridized carbons (Fsp3) is 0.400. The predicted molar refractivity (Wildman–Crippen MR) is 100 cm³/mol. The van der Waals surface area contributed by atoms with Crippen molar-refractivity contribution in [1.82, 2.24) is 24.8 Å². The van der Waals surface area contributed by atoms with Gasteiger partial charge in [-0.3, -0.25) is 4.79 Å². The van der Waals surface area contributed by atoms with Crippen molar-refractivity contribution in [2.45, 2.75) is 52.1 Å². The molecule has 1 atom stereocenters. The minimum atomic E-state index is -0.0557. The van der Waals surface area contributed by atoms with E-state index in [1.165, 1.54) is 0 Å². The molecule has 1 amide bonds. The molecule has 3 aromatic rings. The minimum absolute atomic E-state index is 0.0557. The summed E-state index contributed by atoms with van der Waals surface area (Å²) in [4.78, 5) is 26.4. The van der Waals surface area contributed by atoms with Crippen molar-refractivity contribution in [3.8, 4) is 0 Å². The highest BCUT2D eigenvalue weighted by Gasteiger charge is 2.21. The molecule has 1 aliphatic rings. The van der Waals surface area contributed by atoms with E-state index in [0.717, 1.165) is 60.5 Å². The van der Waals surface area contributed by atoms with Crippen LogP contribution in [-0.4, -0.2) is 31.5 Å². The Hall–Kier alpha value is -2.76. The molecule has 0 saturated heterocycles. The molecule has 134 valence electrons. The number of hydrogen-bond donors (Lipinski definition) is 1. The van der Waals surface area contributed by atoms with Gasteiger partial charge in [0.2, 0.25) is 0 Å². The van der Waals surface area contributed by atoms with Crippen molar-refractivity contribution in [1.29, 1.82) is 0 Å². The first kappa shape index (κ1) is 16.7. The third-order valence-corrected chi connectivity index (χ3v) is 5.02. The van der Waals surface area contributed by atoms with E-state index in [0.29, 0.717) is 5.56 Å². The van der Waals surface area contributed by atoms with Gasteiger partial charge in [-0.05, 0) is 37.5 Å². The van der Waals surface area contributed by atoms with Crippen LogP contribution in [-0.2, 0) is 25.8 Å². The number of carbonyl (C=O) groups excluding carboxylic acids is 1. The molecule has 4 rings (SSSR count). The van der Waals surface area contributed by atoms with Gasteiger partial charge in [0.05, 0.1) is 22.4 Å². The van der Waals surface area contributed by atoms with Gasteiger partial charge in [0.15, 0.2) is 0 Å². The van der Waals surface area contributed by atoms with Gasteiger partial charge in [0.1, 0.15) is 5.82 Å². The van der Waals surface area contributed by atoms with Crippen molar-refractivity contribution >= 4 is 16.9 Å². The zero-order valence-electron chi connectivity index (χ0n) is 15.2. The first-order valence-corrected chi connectivity index (χ1v) is 9.28. The van der Waals surface area contributed by atoms with Gasteiger partial charge in [-0.1, -0.05) is 13.8 Å². The Labute approximate surface area is 152 Å². The van der Waals surface area contributed by atoms with Crippen molar-refractivity contribution in [2.24, 2.45) is 0 Å². The maximum atomic E-state index is 12.7. The quantitative estimate of drug-likeness (QED) is 0.786. The summed E-state index contributed by atoms with van der Waals surface area (Å²) in [5.41, 5.74) is 4.31. The van der Waals surface area contributed by atoms with E-state index in [1.807, 2.05) is 30.6 Å². The molecule has 0 radical (unpaired) electrons. The Morgan fingerprint density at radius 3 is 2.73 bits per heavy atom. The molecule has 1 N–H and O–H groups in total. The summed E-state index contributed by atoms with van der Waals surface area (Å²) < 4.78 is 2.11. The number of fused-ring (bicyclic) bond motifs is 2. The van der Waals surface area contributed by atoms with E-state index >= 15 is 0 Å². The number of benzene rings is 1. The number of imidazole rings is 1. The predicted octanol–water partition coefficient (Wildman–Crippen LogP) is 2.70. The number of nitrogens with zero attached hydrogens (tertiary/aromatic N) is 4. The maximum absolute atomic E-state index is 12.7. The third kappa shape index (κ3) is 3.07. The van der Waals surface area contributed by atoms with Crippen LogP contribution in [0.3, 0.4) is 0 Å². The highest BCUT2D eigenvalue weighted by Crippen LogP contribution is 2.18. The van der Waals surface area contributed by atoms with E-state index in [4.69, 9.17) is 9.97 Å². The highest BCUT2D eigenvalue weighted by atomic mass is 16.1. The fourth-order valence-corrected chi connectivity index (χ4v) is 3.59. The van der Waals surface area contributed by atoms with E-state index in [9.17, 15) is 4.79 Å². The molecule has 2 aromatic heterocycles. The molecular weight excluding hydrogens is 326 g/mol. The zero-order chi connectivity index (χ0) is 18.1. The Morgan fingerprint density at radius 1 is 1.19 bits per heavy atom. The van der Waals surface area contributed by atoms with E-state index in [2.05, 4.69) is 28.7 Å². The Balaban J connectivity index is 1.55. The van der Waals surface area contributed by atoms with Gasteiger partial charge in [-0.25, -0.2) is 15.0 Å². The van der Waals surface area contributed by atoms with Crippen molar-refractivity contribution in [3.05, 3.63) is 53.4 Å². The Kier molecular flexibility index (Phi) is 4.41. The number of rotatable bonds is 4. The molecule has 1 aliphatic heterocycles. The summed E-state index contributed by atoms with van der Waals surface area (Å²) in [5, 5.41) is 3.15. The fourth-order valence-electron chi connectivity index (χ4n) is 3.59. The number of hydrogen-bond acceptors (Lipinski definition) is 4. The second-order valence-electron chi connectivity index (χ2n) is 6.73. The maximum Gasteiger partial charge on any atom is 0.251 e. The number of aryl methyl sites for hydroxylation is 3. The Bertz CT molecular complexity index is 962. The minimum Gasteiger partial charge on any atom is -0.347 e. The van der Waals surface area contributed by atoms with Crippen LogP contribution in [0.2, 0.25) is 0 Å². The highest BCUT2D eigenvalue weighted by molar-refractivity contribution is 5.97. The average Bonchev–Trinajstić information content (AvgIpc) is 3.14. The molecule has 3 heterocycles. The summed E-state index contributed by atoms with van der Waals surface area (Å²) in [6, 6.07) is 5.70. The summed E-state index contributed by atoms with van der Waals surface area (Å²) in [5.74, 6) is 1.04. The molecule has 0 fully saturated rings. The van der Waals surface area contributed by atoms with E-state index < -0.39 is 0 Å². The summed E-state index contributed by atoms with van der Waals surface area (Å²) in [6.07, 6.45) is 7.30. The lowest BCUT2D eigenvalue weighted by molar-refractivity contribution is 0.0927. The SMILES string of the molecule is CCc1nc2ccc(C(=O)N[C@@H]3CCc4nccn4C3)cc2nc1CC. The molecule has 26 heavy (non-hydrogen) atoms. The Morgan fingerprint density at radius 2 is 1.96 bits per heavy atom. The van der Waals surface area contributed by atoms with Gasteiger partial charge < -0.3 is 9.88 Å². The third-order valence-electron chi connectivity index (χ3n) is 5.02.